The van der Waals surface area contributed by atoms with Gasteiger partial charge in [-0.2, -0.15) is 0 Å². The summed E-state index contributed by atoms with van der Waals surface area (Å²) in [5.41, 5.74) is 0. The van der Waals surface area contributed by atoms with Gasteiger partial charge in [0.05, 0.1) is 25.9 Å². The van der Waals surface area contributed by atoms with Crippen LogP contribution in [0.25, 0.3) is 0 Å². The molecule has 0 radical (unpaired) electrons. The topological polar surface area (TPSA) is 42.0 Å². The van der Waals surface area contributed by atoms with Crippen LogP contribution in [0.3, 0.4) is 0 Å². The Morgan fingerprint density at radius 3 is 2.24 bits per heavy atom. The zero-order valence-electron chi connectivity index (χ0n) is 14.1. The van der Waals surface area contributed by atoms with Gasteiger partial charge in [-0.3, -0.25) is 9.69 Å². The molecule has 1 aliphatic heterocycles. The lowest BCUT2D eigenvalue weighted by Gasteiger charge is -2.35. The maximum absolute atomic E-state index is 12.0. The highest BCUT2D eigenvalue weighted by Crippen LogP contribution is 2.08. The van der Waals surface area contributed by atoms with Crippen molar-refractivity contribution in [1.29, 1.82) is 0 Å². The molecule has 5 heteroatoms. The van der Waals surface area contributed by atoms with Crippen molar-refractivity contribution in [1.82, 2.24) is 9.80 Å². The second kappa shape index (κ2) is 10.1. The second-order valence-electron chi connectivity index (χ2n) is 6.35. The fourth-order valence-corrected chi connectivity index (χ4v) is 2.34. The van der Waals surface area contributed by atoms with Crippen molar-refractivity contribution in [2.24, 2.45) is 5.92 Å². The molecule has 1 saturated heterocycles. The molecule has 0 atom stereocenters. The van der Waals surface area contributed by atoms with E-state index < -0.39 is 0 Å². The standard InChI is InChI=1S/C16H32N2O3/c1-14(2)13-16(19)18-7-5-17(6-8-18)9-10-20-11-12-21-15(3)4/h14-15H,5-13H2,1-4H3. The van der Waals surface area contributed by atoms with Crippen molar-refractivity contribution >= 4 is 5.91 Å². The van der Waals surface area contributed by atoms with Gasteiger partial charge in [0.25, 0.3) is 0 Å². The largest absolute Gasteiger partial charge is 0.378 e. The Morgan fingerprint density at radius 1 is 1.00 bits per heavy atom. The summed E-state index contributed by atoms with van der Waals surface area (Å²) in [6.45, 7) is 14.8. The summed E-state index contributed by atoms with van der Waals surface area (Å²) in [5.74, 6) is 0.740. The van der Waals surface area contributed by atoms with E-state index >= 15 is 0 Å². The van der Waals surface area contributed by atoms with Crippen molar-refractivity contribution in [2.45, 2.75) is 40.2 Å². The number of hydrogen-bond donors (Lipinski definition) is 0. The first-order valence-corrected chi connectivity index (χ1v) is 8.18. The first-order chi connectivity index (χ1) is 9.99. The third-order valence-electron chi connectivity index (χ3n) is 3.54. The van der Waals surface area contributed by atoms with E-state index in [0.29, 0.717) is 31.5 Å². The van der Waals surface area contributed by atoms with Gasteiger partial charge >= 0.3 is 0 Å². The number of hydrogen-bond acceptors (Lipinski definition) is 4. The fraction of sp³-hybridized carbons (Fsp3) is 0.938. The minimum atomic E-state index is 0.269. The number of carbonyl (C=O) groups is 1. The Balaban J connectivity index is 2.04. The summed E-state index contributed by atoms with van der Waals surface area (Å²) in [7, 11) is 0. The van der Waals surface area contributed by atoms with Crippen LogP contribution < -0.4 is 0 Å². The van der Waals surface area contributed by atoms with Crippen LogP contribution in [0.1, 0.15) is 34.1 Å². The van der Waals surface area contributed by atoms with Gasteiger partial charge in [-0.25, -0.2) is 0 Å². The minimum absolute atomic E-state index is 0.269. The highest BCUT2D eigenvalue weighted by Gasteiger charge is 2.21. The van der Waals surface area contributed by atoms with Crippen molar-refractivity contribution in [2.75, 3.05) is 52.5 Å². The third kappa shape index (κ3) is 8.39. The van der Waals surface area contributed by atoms with Crippen LogP contribution in [-0.4, -0.2) is 74.4 Å². The van der Waals surface area contributed by atoms with E-state index in [9.17, 15) is 4.79 Å². The Hall–Kier alpha value is -0.650. The van der Waals surface area contributed by atoms with E-state index in [1.807, 2.05) is 18.7 Å². The van der Waals surface area contributed by atoms with E-state index in [0.717, 1.165) is 39.3 Å². The maximum atomic E-state index is 12.0. The zero-order chi connectivity index (χ0) is 15.7. The van der Waals surface area contributed by atoms with Crippen molar-refractivity contribution in [3.8, 4) is 0 Å². The predicted molar refractivity (Wildman–Crippen MR) is 84.4 cm³/mol. The van der Waals surface area contributed by atoms with Crippen molar-refractivity contribution in [3.63, 3.8) is 0 Å². The number of amides is 1. The lowest BCUT2D eigenvalue weighted by molar-refractivity contribution is -0.133. The van der Waals surface area contributed by atoms with Gasteiger partial charge < -0.3 is 14.4 Å². The molecule has 1 amide bonds. The van der Waals surface area contributed by atoms with Gasteiger partial charge in [0, 0.05) is 39.1 Å². The molecule has 21 heavy (non-hydrogen) atoms. The molecule has 0 aromatic heterocycles. The smallest absolute Gasteiger partial charge is 0.222 e. The summed E-state index contributed by atoms with van der Waals surface area (Å²) < 4.78 is 11.0. The zero-order valence-corrected chi connectivity index (χ0v) is 14.1. The molecular formula is C16H32N2O3. The van der Waals surface area contributed by atoms with Crippen LogP contribution in [0.2, 0.25) is 0 Å². The second-order valence-corrected chi connectivity index (χ2v) is 6.35. The average Bonchev–Trinajstić information content (AvgIpc) is 2.42. The van der Waals surface area contributed by atoms with Gasteiger partial charge in [0.2, 0.25) is 5.91 Å². The summed E-state index contributed by atoms with van der Waals surface area (Å²) >= 11 is 0. The van der Waals surface area contributed by atoms with E-state index in [-0.39, 0.29) is 6.10 Å². The van der Waals surface area contributed by atoms with Crippen LogP contribution in [-0.2, 0) is 14.3 Å². The molecule has 0 unspecified atom stereocenters. The van der Waals surface area contributed by atoms with Crippen LogP contribution in [0.15, 0.2) is 0 Å². The first-order valence-electron chi connectivity index (χ1n) is 8.18. The summed E-state index contributed by atoms with van der Waals surface area (Å²) in [5, 5.41) is 0. The molecule has 0 aliphatic carbocycles. The Bertz CT molecular complexity index is 287. The van der Waals surface area contributed by atoms with E-state index in [4.69, 9.17) is 9.47 Å². The summed E-state index contributed by atoms with van der Waals surface area (Å²) in [4.78, 5) is 16.3. The molecule has 0 N–H and O–H groups in total. The van der Waals surface area contributed by atoms with Gasteiger partial charge in [0.1, 0.15) is 0 Å². The molecule has 1 rings (SSSR count). The molecule has 1 aliphatic rings. The van der Waals surface area contributed by atoms with E-state index in [1.165, 1.54) is 0 Å². The molecule has 1 fully saturated rings. The monoisotopic (exact) mass is 300 g/mol. The minimum Gasteiger partial charge on any atom is -0.378 e. The molecule has 0 bridgehead atoms. The number of ether oxygens (including phenoxy) is 2. The van der Waals surface area contributed by atoms with Gasteiger partial charge in [-0.05, 0) is 19.8 Å². The third-order valence-corrected chi connectivity index (χ3v) is 3.54. The van der Waals surface area contributed by atoms with Crippen LogP contribution in [0.5, 0.6) is 0 Å². The fourth-order valence-electron chi connectivity index (χ4n) is 2.34. The number of nitrogens with zero attached hydrogens (tertiary/aromatic N) is 2. The molecule has 0 saturated carbocycles. The Kier molecular flexibility index (Phi) is 8.88. The molecule has 5 nitrogen and oxygen atoms in total. The lowest BCUT2D eigenvalue weighted by Crippen LogP contribution is -2.49. The SMILES string of the molecule is CC(C)CC(=O)N1CCN(CCOCCOC(C)C)CC1. The molecule has 0 spiro atoms. The quantitative estimate of drug-likeness (QED) is 0.607. The van der Waals surface area contributed by atoms with Gasteiger partial charge in [0.15, 0.2) is 0 Å². The van der Waals surface area contributed by atoms with E-state index in [1.54, 1.807) is 0 Å². The van der Waals surface area contributed by atoms with Crippen LogP contribution >= 0.6 is 0 Å². The normalized spacial score (nSPS) is 17.0. The highest BCUT2D eigenvalue weighted by atomic mass is 16.5. The molecular weight excluding hydrogens is 268 g/mol. The average molecular weight is 300 g/mol. The molecule has 124 valence electrons. The van der Waals surface area contributed by atoms with Crippen molar-refractivity contribution < 1.29 is 14.3 Å². The summed E-state index contributed by atoms with van der Waals surface area (Å²) in [6, 6.07) is 0. The maximum Gasteiger partial charge on any atom is 0.222 e. The number of rotatable bonds is 9. The lowest BCUT2D eigenvalue weighted by atomic mass is 10.1. The molecule has 0 aromatic carbocycles. The number of carbonyl (C=O) groups excluding carboxylic acids is 1. The van der Waals surface area contributed by atoms with Crippen LogP contribution in [0.4, 0.5) is 0 Å². The molecule has 1 heterocycles. The van der Waals surface area contributed by atoms with Gasteiger partial charge in [-0.1, -0.05) is 13.8 Å². The van der Waals surface area contributed by atoms with Crippen molar-refractivity contribution in [3.05, 3.63) is 0 Å². The Morgan fingerprint density at radius 2 is 1.67 bits per heavy atom. The highest BCUT2D eigenvalue weighted by molar-refractivity contribution is 5.76. The predicted octanol–water partition coefficient (Wildman–Crippen LogP) is 1.62. The van der Waals surface area contributed by atoms with Crippen LogP contribution in [0, 0.1) is 5.92 Å². The number of piperazine rings is 1. The van der Waals surface area contributed by atoms with E-state index in [2.05, 4.69) is 18.7 Å². The summed E-state index contributed by atoms with van der Waals surface area (Å²) in [6.07, 6.45) is 0.934. The molecule has 0 aromatic rings. The van der Waals surface area contributed by atoms with Gasteiger partial charge in [-0.15, -0.1) is 0 Å². The first kappa shape index (κ1) is 18.4. The Labute approximate surface area is 129 Å².